The molecule has 0 saturated heterocycles. The van der Waals surface area contributed by atoms with Crippen LogP contribution in [0.3, 0.4) is 0 Å². The van der Waals surface area contributed by atoms with Gasteiger partial charge in [-0.15, -0.1) is 0 Å². The van der Waals surface area contributed by atoms with Gasteiger partial charge in [0.2, 0.25) is 0 Å². The molecular weight excluding hydrogens is 234 g/mol. The van der Waals surface area contributed by atoms with Crippen LogP contribution in [0.1, 0.15) is 20.3 Å². The highest BCUT2D eigenvalue weighted by Crippen LogP contribution is 2.18. The third-order valence-electron chi connectivity index (χ3n) is 2.67. The molecule has 0 aliphatic carbocycles. The number of carbonyl (C=O) groups excluding carboxylic acids is 2. The lowest BCUT2D eigenvalue weighted by atomic mass is 10.0. The predicted octanol–water partition coefficient (Wildman–Crippen LogP) is 1.89. The van der Waals surface area contributed by atoms with Crippen LogP contribution in [0.4, 0.5) is 4.79 Å². The van der Waals surface area contributed by atoms with E-state index in [1.807, 2.05) is 13.0 Å². The van der Waals surface area contributed by atoms with Crippen LogP contribution in [0, 0.1) is 0 Å². The Morgan fingerprint density at radius 3 is 2.89 bits per heavy atom. The lowest BCUT2D eigenvalue weighted by Crippen LogP contribution is -2.43. The molecule has 1 amide bonds. The first-order chi connectivity index (χ1) is 8.60. The van der Waals surface area contributed by atoms with Gasteiger partial charge < -0.3 is 14.4 Å². The summed E-state index contributed by atoms with van der Waals surface area (Å²) in [5, 5.41) is 0. The highest BCUT2D eigenvalue weighted by molar-refractivity contribution is 5.90. The standard InChI is InChI=1S/C13H19NO4/c1-4-8-18-13(16)14-9-11(7-6-10(14)3)12(15)17-5-2/h4,7,10H,1,5-6,8-9H2,2-3H3/t10-/m0/s1. The fourth-order valence-corrected chi connectivity index (χ4v) is 1.67. The van der Waals surface area contributed by atoms with Gasteiger partial charge in [-0.1, -0.05) is 18.7 Å². The molecule has 1 rings (SSSR count). The molecular formula is C13H19NO4. The Morgan fingerprint density at radius 2 is 2.28 bits per heavy atom. The molecule has 1 aliphatic heterocycles. The molecule has 0 aromatic carbocycles. The minimum atomic E-state index is -0.433. The number of nitrogens with zero attached hydrogens (tertiary/aromatic N) is 1. The monoisotopic (exact) mass is 253 g/mol. The van der Waals surface area contributed by atoms with Crippen LogP contribution in [-0.4, -0.2) is 42.8 Å². The fraction of sp³-hybridized carbons (Fsp3) is 0.538. The number of hydrogen-bond acceptors (Lipinski definition) is 4. The van der Waals surface area contributed by atoms with Crippen molar-refractivity contribution in [1.82, 2.24) is 4.90 Å². The molecule has 0 aromatic rings. The maximum atomic E-state index is 11.8. The smallest absolute Gasteiger partial charge is 0.410 e. The molecule has 0 N–H and O–H groups in total. The first kappa shape index (κ1) is 14.3. The summed E-state index contributed by atoms with van der Waals surface area (Å²) in [4.78, 5) is 24.9. The van der Waals surface area contributed by atoms with Crippen LogP contribution >= 0.6 is 0 Å². The number of ether oxygens (including phenoxy) is 2. The van der Waals surface area contributed by atoms with Crippen LogP contribution in [0.2, 0.25) is 0 Å². The van der Waals surface area contributed by atoms with E-state index in [0.29, 0.717) is 18.6 Å². The molecule has 0 bridgehead atoms. The number of amides is 1. The van der Waals surface area contributed by atoms with Crippen molar-refractivity contribution in [3.8, 4) is 0 Å². The van der Waals surface area contributed by atoms with Gasteiger partial charge in [0.1, 0.15) is 6.61 Å². The van der Waals surface area contributed by atoms with E-state index in [1.54, 1.807) is 6.92 Å². The maximum absolute atomic E-state index is 11.8. The third kappa shape index (κ3) is 3.61. The first-order valence-electron chi connectivity index (χ1n) is 6.00. The third-order valence-corrected chi connectivity index (χ3v) is 2.67. The van der Waals surface area contributed by atoms with Crippen LogP contribution in [0.15, 0.2) is 24.3 Å². The molecule has 5 heteroatoms. The summed E-state index contributed by atoms with van der Waals surface area (Å²) in [6.45, 7) is 7.87. The van der Waals surface area contributed by atoms with Crippen LogP contribution in [0.5, 0.6) is 0 Å². The van der Waals surface area contributed by atoms with Gasteiger partial charge in [-0.3, -0.25) is 0 Å². The van der Waals surface area contributed by atoms with Crippen molar-refractivity contribution in [3.05, 3.63) is 24.3 Å². The minimum Gasteiger partial charge on any atom is -0.463 e. The van der Waals surface area contributed by atoms with Crippen molar-refractivity contribution >= 4 is 12.1 Å². The summed E-state index contributed by atoms with van der Waals surface area (Å²) in [6.07, 6.45) is 3.52. The number of rotatable bonds is 4. The van der Waals surface area contributed by atoms with Crippen molar-refractivity contribution in [2.45, 2.75) is 26.3 Å². The maximum Gasteiger partial charge on any atom is 0.410 e. The summed E-state index contributed by atoms with van der Waals surface area (Å²) >= 11 is 0. The van der Waals surface area contributed by atoms with Gasteiger partial charge in [-0.25, -0.2) is 9.59 Å². The molecule has 1 aliphatic rings. The highest BCUT2D eigenvalue weighted by Gasteiger charge is 2.28. The fourth-order valence-electron chi connectivity index (χ4n) is 1.67. The van der Waals surface area contributed by atoms with Gasteiger partial charge in [-0.05, 0) is 20.3 Å². The zero-order valence-corrected chi connectivity index (χ0v) is 10.8. The molecule has 0 fully saturated rings. The summed E-state index contributed by atoms with van der Waals surface area (Å²) < 4.78 is 9.90. The lowest BCUT2D eigenvalue weighted by Gasteiger charge is -2.31. The largest absolute Gasteiger partial charge is 0.463 e. The number of carbonyl (C=O) groups is 2. The molecule has 18 heavy (non-hydrogen) atoms. The average molecular weight is 253 g/mol. The molecule has 5 nitrogen and oxygen atoms in total. The summed E-state index contributed by atoms with van der Waals surface area (Å²) in [5.74, 6) is -0.370. The molecule has 1 atom stereocenters. The Balaban J connectivity index is 2.66. The van der Waals surface area contributed by atoms with Crippen molar-refractivity contribution in [2.24, 2.45) is 0 Å². The SMILES string of the molecule is C=CCOC(=O)N1CC(C(=O)OCC)=CC[C@@H]1C. The zero-order chi connectivity index (χ0) is 13.5. The second-order valence-corrected chi connectivity index (χ2v) is 4.03. The van der Waals surface area contributed by atoms with E-state index in [2.05, 4.69) is 6.58 Å². The van der Waals surface area contributed by atoms with Gasteiger partial charge in [0.15, 0.2) is 0 Å². The first-order valence-corrected chi connectivity index (χ1v) is 6.00. The van der Waals surface area contributed by atoms with E-state index in [9.17, 15) is 9.59 Å². The Kier molecular flexibility index (Phi) is 5.42. The average Bonchev–Trinajstić information content (AvgIpc) is 2.36. The second kappa shape index (κ2) is 6.83. The van der Waals surface area contributed by atoms with E-state index in [4.69, 9.17) is 9.47 Å². The quantitative estimate of drug-likeness (QED) is 0.567. The lowest BCUT2D eigenvalue weighted by molar-refractivity contribution is -0.138. The number of esters is 1. The molecule has 0 aromatic heterocycles. The van der Waals surface area contributed by atoms with Crippen LogP contribution in [-0.2, 0) is 14.3 Å². The van der Waals surface area contributed by atoms with E-state index in [-0.39, 0.29) is 25.2 Å². The van der Waals surface area contributed by atoms with Crippen molar-refractivity contribution in [3.63, 3.8) is 0 Å². The molecule has 0 spiro atoms. The topological polar surface area (TPSA) is 55.8 Å². The molecule has 0 radical (unpaired) electrons. The highest BCUT2D eigenvalue weighted by atomic mass is 16.6. The molecule has 1 heterocycles. The Bertz CT molecular complexity index is 362. The predicted molar refractivity (Wildman–Crippen MR) is 67.0 cm³/mol. The Hall–Kier alpha value is -1.78. The van der Waals surface area contributed by atoms with E-state index in [1.165, 1.54) is 11.0 Å². The van der Waals surface area contributed by atoms with Crippen molar-refractivity contribution < 1.29 is 19.1 Å². The van der Waals surface area contributed by atoms with Gasteiger partial charge in [0, 0.05) is 6.04 Å². The zero-order valence-electron chi connectivity index (χ0n) is 10.8. The van der Waals surface area contributed by atoms with Gasteiger partial charge in [-0.2, -0.15) is 0 Å². The van der Waals surface area contributed by atoms with E-state index < -0.39 is 6.09 Å². The van der Waals surface area contributed by atoms with Gasteiger partial charge in [0.25, 0.3) is 0 Å². The Labute approximate surface area is 107 Å². The summed E-state index contributed by atoms with van der Waals surface area (Å²) in [5.41, 5.74) is 0.505. The van der Waals surface area contributed by atoms with Gasteiger partial charge >= 0.3 is 12.1 Å². The van der Waals surface area contributed by atoms with Gasteiger partial charge in [0.05, 0.1) is 18.7 Å². The summed E-state index contributed by atoms with van der Waals surface area (Å²) in [7, 11) is 0. The van der Waals surface area contributed by atoms with Crippen LogP contribution in [0.25, 0.3) is 0 Å². The Morgan fingerprint density at radius 1 is 1.56 bits per heavy atom. The van der Waals surface area contributed by atoms with E-state index >= 15 is 0 Å². The molecule has 100 valence electrons. The summed E-state index contributed by atoms with van der Waals surface area (Å²) in [6, 6.07) is 0.0143. The van der Waals surface area contributed by atoms with Crippen molar-refractivity contribution in [1.29, 1.82) is 0 Å². The number of hydrogen-bond donors (Lipinski definition) is 0. The van der Waals surface area contributed by atoms with E-state index in [0.717, 1.165) is 0 Å². The second-order valence-electron chi connectivity index (χ2n) is 4.03. The molecule has 0 saturated carbocycles. The van der Waals surface area contributed by atoms with Crippen LogP contribution < -0.4 is 0 Å². The van der Waals surface area contributed by atoms with Crippen molar-refractivity contribution in [2.75, 3.05) is 19.8 Å². The normalized spacial score (nSPS) is 18.9. The minimum absolute atomic E-state index is 0.0143. The molecule has 0 unspecified atom stereocenters.